The second kappa shape index (κ2) is 9.16. The SMILES string of the molecule is C=C(C)C(=O)OCc1cc(COC(=O)C(C)(C)C)cc(OC(=O)C(=C)C)c1. The fourth-order valence-corrected chi connectivity index (χ4v) is 1.79. The summed E-state index contributed by atoms with van der Waals surface area (Å²) in [6, 6.07) is 4.86. The lowest BCUT2D eigenvalue weighted by atomic mass is 9.97. The second-order valence-corrected chi connectivity index (χ2v) is 7.34. The molecule has 0 saturated heterocycles. The Labute approximate surface area is 159 Å². The normalized spacial score (nSPS) is 10.7. The zero-order valence-electron chi connectivity index (χ0n) is 16.5. The van der Waals surface area contributed by atoms with Gasteiger partial charge < -0.3 is 14.2 Å². The predicted octanol–water partition coefficient (Wildman–Crippen LogP) is 3.88. The van der Waals surface area contributed by atoms with Crippen LogP contribution in [-0.4, -0.2) is 17.9 Å². The van der Waals surface area contributed by atoms with Crippen molar-refractivity contribution in [2.75, 3.05) is 0 Å². The fraction of sp³-hybridized carbons (Fsp3) is 0.381. The molecule has 0 radical (unpaired) electrons. The topological polar surface area (TPSA) is 78.9 Å². The molecule has 0 aromatic heterocycles. The Morgan fingerprint density at radius 3 is 1.78 bits per heavy atom. The van der Waals surface area contributed by atoms with Crippen LogP contribution in [0, 0.1) is 5.41 Å². The van der Waals surface area contributed by atoms with Crippen molar-refractivity contribution in [3.8, 4) is 5.75 Å². The van der Waals surface area contributed by atoms with Gasteiger partial charge in [-0.05, 0) is 63.9 Å². The Balaban J connectivity index is 3.02. The largest absolute Gasteiger partial charge is 0.460 e. The predicted molar refractivity (Wildman–Crippen MR) is 101 cm³/mol. The molecule has 0 unspecified atom stereocenters. The quantitative estimate of drug-likeness (QED) is 0.409. The highest BCUT2D eigenvalue weighted by atomic mass is 16.5. The number of carbonyl (C=O) groups is 3. The first-order valence-electron chi connectivity index (χ1n) is 8.40. The molecule has 6 heteroatoms. The van der Waals surface area contributed by atoms with Gasteiger partial charge in [-0.1, -0.05) is 13.2 Å². The van der Waals surface area contributed by atoms with Crippen LogP contribution < -0.4 is 4.74 Å². The van der Waals surface area contributed by atoms with Gasteiger partial charge in [0.2, 0.25) is 0 Å². The van der Waals surface area contributed by atoms with Crippen molar-refractivity contribution in [2.45, 2.75) is 47.8 Å². The minimum Gasteiger partial charge on any atom is -0.460 e. The van der Waals surface area contributed by atoms with E-state index in [0.29, 0.717) is 11.1 Å². The van der Waals surface area contributed by atoms with Crippen LogP contribution >= 0.6 is 0 Å². The molecule has 0 aliphatic heterocycles. The summed E-state index contributed by atoms with van der Waals surface area (Å²) in [6.07, 6.45) is 0. The summed E-state index contributed by atoms with van der Waals surface area (Å²) in [7, 11) is 0. The molecule has 146 valence electrons. The molecule has 0 atom stereocenters. The third kappa shape index (κ3) is 7.48. The first-order valence-corrected chi connectivity index (χ1v) is 8.40. The second-order valence-electron chi connectivity index (χ2n) is 7.34. The molecule has 0 fully saturated rings. The first-order chi connectivity index (χ1) is 12.4. The van der Waals surface area contributed by atoms with Crippen molar-refractivity contribution in [2.24, 2.45) is 5.41 Å². The summed E-state index contributed by atoms with van der Waals surface area (Å²) in [5.41, 5.74) is 1.07. The highest BCUT2D eigenvalue weighted by Gasteiger charge is 2.23. The lowest BCUT2D eigenvalue weighted by Gasteiger charge is -2.17. The van der Waals surface area contributed by atoms with Gasteiger partial charge in [-0.25, -0.2) is 9.59 Å². The van der Waals surface area contributed by atoms with E-state index in [9.17, 15) is 14.4 Å². The molecule has 1 rings (SSSR count). The standard InChI is InChI=1S/C21H26O6/c1-13(2)18(22)25-11-15-8-16(12-26-20(24)21(5,6)7)10-17(9-15)27-19(23)14(3)4/h8-10H,1,3,11-12H2,2,4-7H3. The molecule has 1 aromatic carbocycles. The molecule has 0 bridgehead atoms. The third-order valence-corrected chi connectivity index (χ3v) is 3.29. The van der Waals surface area contributed by atoms with Crippen LogP contribution in [-0.2, 0) is 37.1 Å². The summed E-state index contributed by atoms with van der Waals surface area (Å²) in [5, 5.41) is 0. The molecule has 0 aliphatic rings. The van der Waals surface area contributed by atoms with Gasteiger partial charge in [0, 0.05) is 11.1 Å². The van der Waals surface area contributed by atoms with Gasteiger partial charge in [0.1, 0.15) is 19.0 Å². The molecule has 1 aromatic rings. The molecule has 0 spiro atoms. The summed E-state index contributed by atoms with van der Waals surface area (Å²) in [4.78, 5) is 35.3. The van der Waals surface area contributed by atoms with Gasteiger partial charge >= 0.3 is 17.9 Å². The number of hydrogen-bond acceptors (Lipinski definition) is 6. The number of rotatable bonds is 7. The smallest absolute Gasteiger partial charge is 0.338 e. The Morgan fingerprint density at radius 2 is 1.33 bits per heavy atom. The summed E-state index contributed by atoms with van der Waals surface area (Å²) in [6.45, 7) is 15.4. The van der Waals surface area contributed by atoms with Crippen LogP contribution in [0.2, 0.25) is 0 Å². The molecular formula is C21H26O6. The van der Waals surface area contributed by atoms with Crippen LogP contribution in [0.15, 0.2) is 42.5 Å². The van der Waals surface area contributed by atoms with Crippen molar-refractivity contribution in [1.29, 1.82) is 0 Å². The summed E-state index contributed by atoms with van der Waals surface area (Å²) >= 11 is 0. The lowest BCUT2D eigenvalue weighted by Crippen LogP contribution is -2.22. The van der Waals surface area contributed by atoms with Gasteiger partial charge in [-0.2, -0.15) is 0 Å². The number of ether oxygens (including phenoxy) is 3. The van der Waals surface area contributed by atoms with Crippen molar-refractivity contribution < 1.29 is 28.6 Å². The van der Waals surface area contributed by atoms with Crippen molar-refractivity contribution >= 4 is 17.9 Å². The minimum atomic E-state index is -0.635. The molecule has 0 amide bonds. The molecule has 0 aliphatic carbocycles. The third-order valence-electron chi connectivity index (χ3n) is 3.29. The van der Waals surface area contributed by atoms with E-state index in [1.807, 2.05) is 0 Å². The first kappa shape index (κ1) is 22.2. The van der Waals surface area contributed by atoms with Crippen molar-refractivity contribution in [3.63, 3.8) is 0 Å². The van der Waals surface area contributed by atoms with E-state index >= 15 is 0 Å². The van der Waals surface area contributed by atoms with Gasteiger partial charge in [0.15, 0.2) is 0 Å². The maximum atomic E-state index is 12.0. The van der Waals surface area contributed by atoms with E-state index in [-0.39, 0.29) is 36.1 Å². The lowest BCUT2D eigenvalue weighted by molar-refractivity contribution is -0.154. The number of hydrogen-bond donors (Lipinski definition) is 0. The Kier molecular flexibility index (Phi) is 7.52. The van der Waals surface area contributed by atoms with E-state index < -0.39 is 17.4 Å². The summed E-state index contributed by atoms with van der Waals surface area (Å²) in [5.74, 6) is -1.22. The Bertz CT molecular complexity index is 767. The van der Waals surface area contributed by atoms with Crippen molar-refractivity contribution in [3.05, 3.63) is 53.6 Å². The van der Waals surface area contributed by atoms with Crippen molar-refractivity contribution in [1.82, 2.24) is 0 Å². The average molecular weight is 374 g/mol. The van der Waals surface area contributed by atoms with Crippen LogP contribution in [0.3, 0.4) is 0 Å². The fourth-order valence-electron chi connectivity index (χ4n) is 1.79. The highest BCUT2D eigenvalue weighted by Crippen LogP contribution is 2.22. The number of carbonyl (C=O) groups excluding carboxylic acids is 3. The van der Waals surface area contributed by atoms with Crippen LogP contribution in [0.4, 0.5) is 0 Å². The monoisotopic (exact) mass is 374 g/mol. The van der Waals surface area contributed by atoms with Gasteiger partial charge in [0.05, 0.1) is 5.41 Å². The molecule has 0 heterocycles. The molecule has 6 nitrogen and oxygen atoms in total. The van der Waals surface area contributed by atoms with E-state index in [1.165, 1.54) is 6.92 Å². The highest BCUT2D eigenvalue weighted by molar-refractivity contribution is 5.89. The van der Waals surface area contributed by atoms with Gasteiger partial charge in [0.25, 0.3) is 0 Å². The van der Waals surface area contributed by atoms with E-state index in [1.54, 1.807) is 45.9 Å². The molecule has 0 saturated carbocycles. The number of benzene rings is 1. The Hall–Kier alpha value is -2.89. The zero-order valence-corrected chi connectivity index (χ0v) is 16.5. The number of esters is 3. The van der Waals surface area contributed by atoms with Crippen LogP contribution in [0.5, 0.6) is 5.75 Å². The zero-order chi connectivity index (χ0) is 20.8. The molecule has 0 N–H and O–H groups in total. The minimum absolute atomic E-state index is 0.00397. The summed E-state index contributed by atoms with van der Waals surface area (Å²) < 4.78 is 15.7. The van der Waals surface area contributed by atoms with Crippen LogP contribution in [0.25, 0.3) is 0 Å². The Morgan fingerprint density at radius 1 is 0.852 bits per heavy atom. The van der Waals surface area contributed by atoms with Crippen LogP contribution in [0.1, 0.15) is 45.7 Å². The maximum Gasteiger partial charge on any atom is 0.338 e. The van der Waals surface area contributed by atoms with E-state index in [4.69, 9.17) is 14.2 Å². The molecule has 27 heavy (non-hydrogen) atoms. The van der Waals surface area contributed by atoms with Gasteiger partial charge in [-0.3, -0.25) is 4.79 Å². The van der Waals surface area contributed by atoms with E-state index in [0.717, 1.165) is 0 Å². The average Bonchev–Trinajstić information content (AvgIpc) is 2.56. The van der Waals surface area contributed by atoms with E-state index in [2.05, 4.69) is 13.2 Å². The van der Waals surface area contributed by atoms with Gasteiger partial charge in [-0.15, -0.1) is 0 Å². The molecular weight excluding hydrogens is 348 g/mol. The maximum absolute atomic E-state index is 12.0.